The van der Waals surface area contributed by atoms with Gasteiger partial charge in [0.2, 0.25) is 5.91 Å². The molecule has 4 nitrogen and oxygen atoms in total. The molecule has 3 N–H and O–H groups in total. The zero-order valence-electron chi connectivity index (χ0n) is 10.4. The third kappa shape index (κ3) is 6.08. The summed E-state index contributed by atoms with van der Waals surface area (Å²) < 4.78 is 5.27. The van der Waals surface area contributed by atoms with Gasteiger partial charge in [0.25, 0.3) is 0 Å². The Hall–Kier alpha value is -0.610. The Labute approximate surface area is 97.9 Å². The molecule has 1 fully saturated rings. The van der Waals surface area contributed by atoms with Crippen molar-refractivity contribution in [1.29, 1.82) is 0 Å². The van der Waals surface area contributed by atoms with Crippen LogP contribution in [0.4, 0.5) is 0 Å². The number of carbonyl (C=O) groups excluding carboxylic acids is 1. The standard InChI is InChI=1S/C12H24N2O2/c1-12(2,13)6-3-11(15)14-9-10-4-7-16-8-5-10/h10H,3-9,13H2,1-2H3,(H,14,15). The minimum Gasteiger partial charge on any atom is -0.381 e. The summed E-state index contributed by atoms with van der Waals surface area (Å²) in [5.41, 5.74) is 5.57. The van der Waals surface area contributed by atoms with Crippen molar-refractivity contribution in [2.24, 2.45) is 11.7 Å². The van der Waals surface area contributed by atoms with E-state index in [0.29, 0.717) is 12.3 Å². The van der Waals surface area contributed by atoms with Crippen molar-refractivity contribution in [3.8, 4) is 0 Å². The molecule has 1 amide bonds. The Kier molecular flexibility index (Phi) is 5.22. The SMILES string of the molecule is CC(C)(N)CCC(=O)NCC1CCOCC1. The van der Waals surface area contributed by atoms with Crippen LogP contribution in [0.25, 0.3) is 0 Å². The molecule has 1 heterocycles. The van der Waals surface area contributed by atoms with E-state index in [1.165, 1.54) is 0 Å². The molecule has 0 saturated carbocycles. The van der Waals surface area contributed by atoms with E-state index in [4.69, 9.17) is 10.5 Å². The number of nitrogens with two attached hydrogens (primary N) is 1. The van der Waals surface area contributed by atoms with E-state index < -0.39 is 0 Å². The number of nitrogens with one attached hydrogen (secondary N) is 1. The van der Waals surface area contributed by atoms with Crippen molar-refractivity contribution in [2.75, 3.05) is 19.8 Å². The zero-order valence-corrected chi connectivity index (χ0v) is 10.4. The molecular formula is C12H24N2O2. The van der Waals surface area contributed by atoms with Gasteiger partial charge >= 0.3 is 0 Å². The van der Waals surface area contributed by atoms with Gasteiger partial charge in [-0.25, -0.2) is 0 Å². The summed E-state index contributed by atoms with van der Waals surface area (Å²) in [6, 6.07) is 0. The lowest BCUT2D eigenvalue weighted by Crippen LogP contribution is -2.36. The van der Waals surface area contributed by atoms with Crippen molar-refractivity contribution in [3.63, 3.8) is 0 Å². The van der Waals surface area contributed by atoms with Gasteiger partial charge in [-0.15, -0.1) is 0 Å². The number of ether oxygens (including phenoxy) is 1. The van der Waals surface area contributed by atoms with E-state index in [9.17, 15) is 4.79 Å². The van der Waals surface area contributed by atoms with Crippen LogP contribution in [-0.4, -0.2) is 31.2 Å². The van der Waals surface area contributed by atoms with E-state index in [1.807, 2.05) is 13.8 Å². The van der Waals surface area contributed by atoms with Crippen molar-refractivity contribution < 1.29 is 9.53 Å². The molecule has 0 aromatic carbocycles. The largest absolute Gasteiger partial charge is 0.381 e. The first kappa shape index (κ1) is 13.5. The Morgan fingerprint density at radius 3 is 2.62 bits per heavy atom. The predicted molar refractivity (Wildman–Crippen MR) is 64.1 cm³/mol. The Morgan fingerprint density at radius 1 is 1.44 bits per heavy atom. The van der Waals surface area contributed by atoms with Crippen LogP contribution >= 0.6 is 0 Å². The summed E-state index contributed by atoms with van der Waals surface area (Å²) in [6.45, 7) is 6.33. The molecule has 0 radical (unpaired) electrons. The molecule has 0 bridgehead atoms. The molecule has 1 rings (SSSR count). The molecular weight excluding hydrogens is 204 g/mol. The number of amides is 1. The van der Waals surface area contributed by atoms with Crippen LogP contribution in [0.15, 0.2) is 0 Å². The highest BCUT2D eigenvalue weighted by atomic mass is 16.5. The van der Waals surface area contributed by atoms with Gasteiger partial charge in [-0.3, -0.25) is 4.79 Å². The molecule has 1 saturated heterocycles. The maximum Gasteiger partial charge on any atom is 0.220 e. The molecule has 0 aromatic rings. The highest BCUT2D eigenvalue weighted by Gasteiger charge is 2.16. The molecule has 0 aromatic heterocycles. The summed E-state index contributed by atoms with van der Waals surface area (Å²) in [5, 5.41) is 2.97. The van der Waals surface area contributed by atoms with Gasteiger partial charge in [0, 0.05) is 31.7 Å². The van der Waals surface area contributed by atoms with Crippen LogP contribution in [0.1, 0.15) is 39.5 Å². The summed E-state index contributed by atoms with van der Waals surface area (Å²) in [6.07, 6.45) is 3.37. The van der Waals surface area contributed by atoms with E-state index in [-0.39, 0.29) is 11.4 Å². The monoisotopic (exact) mass is 228 g/mol. The Morgan fingerprint density at radius 2 is 2.06 bits per heavy atom. The fourth-order valence-corrected chi connectivity index (χ4v) is 1.73. The Balaban J connectivity index is 2.09. The second-order valence-electron chi connectivity index (χ2n) is 5.35. The normalized spacial score (nSPS) is 18.4. The van der Waals surface area contributed by atoms with E-state index >= 15 is 0 Å². The van der Waals surface area contributed by atoms with Crippen LogP contribution in [0.3, 0.4) is 0 Å². The van der Waals surface area contributed by atoms with E-state index in [0.717, 1.165) is 39.0 Å². The average Bonchev–Trinajstić information content (AvgIpc) is 2.24. The van der Waals surface area contributed by atoms with Gasteiger partial charge in [-0.05, 0) is 39.0 Å². The lowest BCUT2D eigenvalue weighted by atomic mass is 9.99. The molecule has 1 aliphatic heterocycles. The molecule has 4 heteroatoms. The average molecular weight is 228 g/mol. The number of hydrogen-bond donors (Lipinski definition) is 2. The third-order valence-corrected chi connectivity index (χ3v) is 2.93. The molecule has 0 aliphatic carbocycles. The molecule has 0 atom stereocenters. The Bertz CT molecular complexity index is 218. The maximum absolute atomic E-state index is 11.5. The molecule has 0 unspecified atom stereocenters. The topological polar surface area (TPSA) is 64.4 Å². The van der Waals surface area contributed by atoms with Crippen LogP contribution < -0.4 is 11.1 Å². The zero-order chi connectivity index (χ0) is 12.0. The van der Waals surface area contributed by atoms with Crippen LogP contribution in [-0.2, 0) is 9.53 Å². The summed E-state index contributed by atoms with van der Waals surface area (Å²) in [7, 11) is 0. The first-order valence-electron chi connectivity index (χ1n) is 6.11. The fraction of sp³-hybridized carbons (Fsp3) is 0.917. The van der Waals surface area contributed by atoms with Gasteiger partial charge in [-0.1, -0.05) is 0 Å². The lowest BCUT2D eigenvalue weighted by molar-refractivity contribution is -0.121. The van der Waals surface area contributed by atoms with E-state index in [1.54, 1.807) is 0 Å². The number of carbonyl (C=O) groups is 1. The number of rotatable bonds is 5. The van der Waals surface area contributed by atoms with Crippen molar-refractivity contribution >= 4 is 5.91 Å². The number of hydrogen-bond acceptors (Lipinski definition) is 3. The quantitative estimate of drug-likeness (QED) is 0.739. The van der Waals surface area contributed by atoms with Gasteiger partial charge in [-0.2, -0.15) is 0 Å². The maximum atomic E-state index is 11.5. The fourth-order valence-electron chi connectivity index (χ4n) is 1.73. The summed E-state index contributed by atoms with van der Waals surface area (Å²) in [5.74, 6) is 0.702. The van der Waals surface area contributed by atoms with Crippen molar-refractivity contribution in [2.45, 2.75) is 45.1 Å². The minimum absolute atomic E-state index is 0.116. The highest BCUT2D eigenvalue weighted by molar-refractivity contribution is 5.75. The molecule has 0 spiro atoms. The van der Waals surface area contributed by atoms with E-state index in [2.05, 4.69) is 5.32 Å². The molecule has 16 heavy (non-hydrogen) atoms. The highest BCUT2D eigenvalue weighted by Crippen LogP contribution is 2.13. The van der Waals surface area contributed by atoms with Gasteiger partial charge in [0.15, 0.2) is 0 Å². The summed E-state index contributed by atoms with van der Waals surface area (Å²) >= 11 is 0. The van der Waals surface area contributed by atoms with Gasteiger partial charge < -0.3 is 15.8 Å². The van der Waals surface area contributed by atoms with Gasteiger partial charge in [0.05, 0.1) is 0 Å². The molecule has 94 valence electrons. The first-order chi connectivity index (χ1) is 7.47. The summed E-state index contributed by atoms with van der Waals surface area (Å²) in [4.78, 5) is 11.5. The third-order valence-electron chi connectivity index (χ3n) is 2.93. The first-order valence-corrected chi connectivity index (χ1v) is 6.11. The predicted octanol–water partition coefficient (Wildman–Crippen LogP) is 1.05. The smallest absolute Gasteiger partial charge is 0.220 e. The van der Waals surface area contributed by atoms with Crippen molar-refractivity contribution in [3.05, 3.63) is 0 Å². The van der Waals surface area contributed by atoms with Gasteiger partial charge in [0.1, 0.15) is 0 Å². The second kappa shape index (κ2) is 6.21. The second-order valence-corrected chi connectivity index (χ2v) is 5.35. The van der Waals surface area contributed by atoms with Crippen LogP contribution in [0, 0.1) is 5.92 Å². The van der Waals surface area contributed by atoms with Crippen LogP contribution in [0.5, 0.6) is 0 Å². The lowest BCUT2D eigenvalue weighted by Gasteiger charge is -2.22. The van der Waals surface area contributed by atoms with Crippen LogP contribution in [0.2, 0.25) is 0 Å². The molecule has 1 aliphatic rings. The van der Waals surface area contributed by atoms with Crippen molar-refractivity contribution in [1.82, 2.24) is 5.32 Å². The minimum atomic E-state index is -0.254.